The van der Waals surface area contributed by atoms with E-state index in [4.69, 9.17) is 4.98 Å². The van der Waals surface area contributed by atoms with E-state index in [-0.39, 0.29) is 5.91 Å². The van der Waals surface area contributed by atoms with E-state index in [1.54, 1.807) is 6.20 Å². The van der Waals surface area contributed by atoms with Gasteiger partial charge in [-0.2, -0.15) is 0 Å². The first-order valence-electron chi connectivity index (χ1n) is 10.8. The van der Waals surface area contributed by atoms with Crippen LogP contribution in [0.1, 0.15) is 42.5 Å². The topological polar surface area (TPSA) is 70.2 Å². The Balaban J connectivity index is 1.40. The highest BCUT2D eigenvalue weighted by Gasteiger charge is 2.22. The third-order valence-electron chi connectivity index (χ3n) is 5.63. The van der Waals surface area contributed by atoms with Gasteiger partial charge in [-0.3, -0.25) is 9.69 Å². The zero-order valence-electron chi connectivity index (χ0n) is 18.1. The van der Waals surface area contributed by atoms with Gasteiger partial charge >= 0.3 is 0 Å². The summed E-state index contributed by atoms with van der Waals surface area (Å²) in [5.41, 5.74) is 4.32. The lowest BCUT2D eigenvalue weighted by Gasteiger charge is -2.32. The third kappa shape index (κ3) is 5.67. The molecule has 1 aliphatic rings. The molecule has 1 atom stereocenters. The first kappa shape index (κ1) is 21.0. The summed E-state index contributed by atoms with van der Waals surface area (Å²) in [7, 11) is 0. The summed E-state index contributed by atoms with van der Waals surface area (Å²) in [4.78, 5) is 23.0. The molecule has 0 saturated carbocycles. The normalized spacial score (nSPS) is 16.6. The van der Waals surface area contributed by atoms with Crippen LogP contribution in [0.5, 0.6) is 0 Å². The second-order valence-corrected chi connectivity index (χ2v) is 8.19. The van der Waals surface area contributed by atoms with Crippen LogP contribution in [0.4, 0.5) is 17.3 Å². The van der Waals surface area contributed by atoms with Crippen molar-refractivity contribution in [3.8, 4) is 0 Å². The molecule has 3 aromatic rings. The van der Waals surface area contributed by atoms with Crippen LogP contribution in [0.3, 0.4) is 0 Å². The fraction of sp³-hybridized carbons (Fsp3) is 0.320. The van der Waals surface area contributed by atoms with Gasteiger partial charge in [-0.05, 0) is 67.8 Å². The fourth-order valence-electron chi connectivity index (χ4n) is 4.08. The predicted molar refractivity (Wildman–Crippen MR) is 124 cm³/mol. The van der Waals surface area contributed by atoms with Crippen molar-refractivity contribution in [1.82, 2.24) is 14.9 Å². The summed E-state index contributed by atoms with van der Waals surface area (Å²) in [6, 6.07) is 18.3. The first-order chi connectivity index (χ1) is 15.1. The molecule has 0 unspecified atom stereocenters. The largest absolute Gasteiger partial charge is 0.326 e. The number of nitrogens with zero attached hydrogens (tertiary/aromatic N) is 3. The SMILES string of the molecule is CC(=O)Nc1ccc(CN2CCC[C@@H](c3cccc(Nc4ncccc4C)n3)C2)cc1. The smallest absolute Gasteiger partial charge is 0.221 e. The quantitative estimate of drug-likeness (QED) is 0.601. The predicted octanol–water partition coefficient (Wildman–Crippen LogP) is 4.87. The number of rotatable bonds is 6. The number of nitrogens with one attached hydrogen (secondary N) is 2. The molecule has 1 aliphatic heterocycles. The summed E-state index contributed by atoms with van der Waals surface area (Å²) < 4.78 is 0. The number of aryl methyl sites for hydroxylation is 1. The van der Waals surface area contributed by atoms with Gasteiger partial charge in [0.15, 0.2) is 0 Å². The van der Waals surface area contributed by atoms with E-state index < -0.39 is 0 Å². The van der Waals surface area contributed by atoms with Crippen molar-refractivity contribution in [2.45, 2.75) is 39.2 Å². The van der Waals surface area contributed by atoms with Gasteiger partial charge in [0.05, 0.1) is 0 Å². The minimum atomic E-state index is -0.0472. The summed E-state index contributed by atoms with van der Waals surface area (Å²) in [6.45, 7) is 6.56. The number of aromatic nitrogens is 2. The van der Waals surface area contributed by atoms with Gasteiger partial charge in [-0.25, -0.2) is 9.97 Å². The molecule has 6 heteroatoms. The fourth-order valence-corrected chi connectivity index (χ4v) is 4.08. The lowest BCUT2D eigenvalue weighted by molar-refractivity contribution is -0.114. The van der Waals surface area contributed by atoms with E-state index in [1.807, 2.05) is 37.3 Å². The molecule has 31 heavy (non-hydrogen) atoms. The van der Waals surface area contributed by atoms with Crippen LogP contribution in [0.15, 0.2) is 60.8 Å². The molecule has 0 radical (unpaired) electrons. The van der Waals surface area contributed by atoms with Gasteiger partial charge in [0.2, 0.25) is 5.91 Å². The second kappa shape index (κ2) is 9.71. The maximum Gasteiger partial charge on any atom is 0.221 e. The highest BCUT2D eigenvalue weighted by atomic mass is 16.1. The zero-order chi connectivity index (χ0) is 21.6. The zero-order valence-corrected chi connectivity index (χ0v) is 18.1. The van der Waals surface area contributed by atoms with Crippen molar-refractivity contribution >= 4 is 23.2 Å². The molecule has 6 nitrogen and oxygen atoms in total. The Hall–Kier alpha value is -3.25. The van der Waals surface area contributed by atoms with E-state index in [9.17, 15) is 4.79 Å². The summed E-state index contributed by atoms with van der Waals surface area (Å²) in [5.74, 6) is 2.05. The van der Waals surface area contributed by atoms with Crippen molar-refractivity contribution in [3.63, 3.8) is 0 Å². The molecule has 0 aliphatic carbocycles. The minimum Gasteiger partial charge on any atom is -0.326 e. The summed E-state index contributed by atoms with van der Waals surface area (Å²) >= 11 is 0. The van der Waals surface area contributed by atoms with Crippen LogP contribution in [-0.2, 0) is 11.3 Å². The number of carbonyl (C=O) groups is 1. The molecule has 160 valence electrons. The van der Waals surface area contributed by atoms with Gasteiger partial charge in [-0.15, -0.1) is 0 Å². The second-order valence-electron chi connectivity index (χ2n) is 8.19. The van der Waals surface area contributed by atoms with Crippen LogP contribution >= 0.6 is 0 Å². The van der Waals surface area contributed by atoms with Crippen molar-refractivity contribution in [2.75, 3.05) is 23.7 Å². The molecule has 1 saturated heterocycles. The van der Waals surface area contributed by atoms with E-state index in [0.29, 0.717) is 5.92 Å². The number of benzene rings is 1. The molecule has 0 spiro atoms. The molecule has 3 heterocycles. The number of piperidine rings is 1. The lowest BCUT2D eigenvalue weighted by atomic mass is 9.94. The maximum absolute atomic E-state index is 11.2. The molecule has 2 N–H and O–H groups in total. The van der Waals surface area contributed by atoms with Crippen LogP contribution in [-0.4, -0.2) is 33.9 Å². The van der Waals surface area contributed by atoms with Crippen LogP contribution in [0.25, 0.3) is 0 Å². The monoisotopic (exact) mass is 415 g/mol. The molecule has 1 aromatic carbocycles. The molecule has 1 fully saturated rings. The molecule has 2 aromatic heterocycles. The van der Waals surface area contributed by atoms with E-state index >= 15 is 0 Å². The molecule has 1 amide bonds. The Morgan fingerprint density at radius 2 is 1.97 bits per heavy atom. The first-order valence-corrected chi connectivity index (χ1v) is 10.8. The van der Waals surface area contributed by atoms with Crippen LogP contribution in [0.2, 0.25) is 0 Å². The number of carbonyl (C=O) groups excluding carboxylic acids is 1. The summed E-state index contributed by atoms with van der Waals surface area (Å²) in [5, 5.41) is 6.17. The Morgan fingerprint density at radius 1 is 1.13 bits per heavy atom. The number of likely N-dealkylation sites (tertiary alicyclic amines) is 1. The molecular formula is C25H29N5O. The van der Waals surface area contributed by atoms with Gasteiger partial charge in [-0.1, -0.05) is 24.3 Å². The average molecular weight is 416 g/mol. The summed E-state index contributed by atoms with van der Waals surface area (Å²) in [6.07, 6.45) is 4.10. The molecule has 0 bridgehead atoms. The van der Waals surface area contributed by atoms with Gasteiger partial charge in [0, 0.05) is 43.5 Å². The number of anilines is 3. The Bertz CT molecular complexity index is 1030. The lowest BCUT2D eigenvalue weighted by Crippen LogP contribution is -2.34. The van der Waals surface area contributed by atoms with Gasteiger partial charge in [0.1, 0.15) is 11.6 Å². The minimum absolute atomic E-state index is 0.0472. The number of amides is 1. The number of pyridine rings is 2. The van der Waals surface area contributed by atoms with Crippen LogP contribution in [0, 0.1) is 6.92 Å². The Kier molecular flexibility index (Phi) is 6.57. The van der Waals surface area contributed by atoms with Crippen molar-refractivity contribution < 1.29 is 4.79 Å². The van der Waals surface area contributed by atoms with Gasteiger partial charge in [0.25, 0.3) is 0 Å². The highest BCUT2D eigenvalue weighted by molar-refractivity contribution is 5.88. The standard InChI is InChI=1S/C25H29N5O/c1-18-6-4-14-26-25(18)29-24-9-3-8-23(28-24)21-7-5-15-30(17-21)16-20-10-12-22(13-11-20)27-19(2)31/h3-4,6,8-14,21H,5,7,15-17H2,1-2H3,(H,27,31)(H,26,28,29)/t21-/m1/s1. The van der Waals surface area contributed by atoms with Gasteiger partial charge < -0.3 is 10.6 Å². The molecular weight excluding hydrogens is 386 g/mol. The van der Waals surface area contributed by atoms with Crippen LogP contribution < -0.4 is 10.6 Å². The average Bonchev–Trinajstić information content (AvgIpc) is 2.77. The number of hydrogen-bond donors (Lipinski definition) is 2. The van der Waals surface area contributed by atoms with E-state index in [2.05, 4.69) is 44.8 Å². The highest BCUT2D eigenvalue weighted by Crippen LogP contribution is 2.28. The van der Waals surface area contributed by atoms with E-state index in [1.165, 1.54) is 12.5 Å². The van der Waals surface area contributed by atoms with Crippen molar-refractivity contribution in [1.29, 1.82) is 0 Å². The Morgan fingerprint density at radius 3 is 2.74 bits per heavy atom. The van der Waals surface area contributed by atoms with Crippen molar-refractivity contribution in [3.05, 3.63) is 77.6 Å². The van der Waals surface area contributed by atoms with Crippen molar-refractivity contribution in [2.24, 2.45) is 0 Å². The van der Waals surface area contributed by atoms with E-state index in [0.717, 1.165) is 61.1 Å². The molecule has 4 rings (SSSR count). The number of hydrogen-bond acceptors (Lipinski definition) is 5. The Labute approximate surface area is 183 Å². The maximum atomic E-state index is 11.2. The third-order valence-corrected chi connectivity index (χ3v) is 5.63.